The van der Waals surface area contributed by atoms with Crippen molar-refractivity contribution in [3.63, 3.8) is 0 Å². The first kappa shape index (κ1) is 48.8. The normalized spacial score (nSPS) is 13.2. The van der Waals surface area contributed by atoms with Gasteiger partial charge in [0.05, 0.1) is 38.9 Å². The lowest BCUT2D eigenvalue weighted by atomic mass is 10.1. The summed E-state index contributed by atoms with van der Waals surface area (Å²) in [5.74, 6) is -4.17. The molecule has 1 heterocycles. The molecule has 0 saturated heterocycles. The molecule has 7 N–H and O–H groups in total. The average Bonchev–Trinajstić information content (AvgIpc) is 3.56. The number of nitrogens with one attached hydrogen (secondary N) is 6. The number of aliphatic hydroxyl groups excluding tert-OH is 1. The van der Waals surface area contributed by atoms with Crippen LogP contribution in [0.1, 0.15) is 45.5 Å². The molecule has 21 heteroatoms. The number of rotatable bonds is 34. The van der Waals surface area contributed by atoms with Gasteiger partial charge in [-0.2, -0.15) is 0 Å². The summed E-state index contributed by atoms with van der Waals surface area (Å²) in [5.41, 5.74) is 0.710. The summed E-state index contributed by atoms with van der Waals surface area (Å²) in [4.78, 5) is 110. The molecule has 0 bridgehead atoms. The van der Waals surface area contributed by atoms with Gasteiger partial charge in [0, 0.05) is 58.0 Å². The summed E-state index contributed by atoms with van der Waals surface area (Å²) >= 11 is 0. The van der Waals surface area contributed by atoms with Gasteiger partial charge >= 0.3 is 0 Å². The van der Waals surface area contributed by atoms with Crippen LogP contribution in [0.4, 0.5) is 0 Å². The van der Waals surface area contributed by atoms with Crippen molar-refractivity contribution in [3.05, 3.63) is 48.0 Å². The second kappa shape index (κ2) is 31.3. The Kier molecular flexibility index (Phi) is 25.5. The minimum absolute atomic E-state index is 0.0337. The number of amides is 8. The number of hydrogen-bond donors (Lipinski definition) is 7. The highest BCUT2D eigenvalue weighted by Crippen LogP contribution is 2.08. The third-order valence-corrected chi connectivity index (χ3v) is 8.23. The Morgan fingerprint density at radius 1 is 0.700 bits per heavy atom. The second-order valence-electron chi connectivity index (χ2n) is 13.2. The van der Waals surface area contributed by atoms with E-state index in [4.69, 9.17) is 25.4 Å². The lowest BCUT2D eigenvalue weighted by Gasteiger charge is -2.19. The zero-order valence-corrected chi connectivity index (χ0v) is 33.5. The van der Waals surface area contributed by atoms with Crippen LogP contribution in [0.3, 0.4) is 0 Å². The number of unbranched alkanes of at least 4 members (excludes halogenated alkanes) is 2. The Hall–Kier alpha value is -5.61. The van der Waals surface area contributed by atoms with Crippen LogP contribution >= 0.6 is 0 Å². The van der Waals surface area contributed by atoms with E-state index in [0.29, 0.717) is 50.8 Å². The molecule has 2 rings (SSSR count). The predicted octanol–water partition coefficient (Wildman–Crippen LogP) is -2.86. The Morgan fingerprint density at radius 2 is 1.33 bits per heavy atom. The second-order valence-corrected chi connectivity index (χ2v) is 13.2. The van der Waals surface area contributed by atoms with Crippen molar-refractivity contribution in [1.29, 1.82) is 0 Å². The Balaban J connectivity index is 1.62. The smallest absolute Gasteiger partial charge is 0.253 e. The van der Waals surface area contributed by atoms with Crippen LogP contribution in [-0.2, 0) is 68.5 Å². The molecule has 0 fully saturated rings. The third-order valence-electron chi connectivity index (χ3n) is 8.23. The number of carbonyl (C=O) groups excluding carboxylic acids is 9. The minimum Gasteiger partial charge on any atom is -0.396 e. The molecule has 0 saturated carbocycles. The van der Waals surface area contributed by atoms with E-state index in [1.54, 1.807) is 30.3 Å². The van der Waals surface area contributed by atoms with Crippen molar-refractivity contribution in [3.8, 4) is 0 Å². The summed E-state index contributed by atoms with van der Waals surface area (Å²) < 4.78 is 28.1. The summed E-state index contributed by atoms with van der Waals surface area (Å²) in [5, 5.41) is 23.8. The summed E-state index contributed by atoms with van der Waals surface area (Å²) in [7, 11) is 0. The lowest BCUT2D eigenvalue weighted by Crippen LogP contribution is -2.52. The van der Waals surface area contributed by atoms with E-state index in [2.05, 4.69) is 31.9 Å². The number of carbonyl (C=O) groups is 9. The number of hydrogen-bond acceptors (Lipinski definition) is 14. The summed E-state index contributed by atoms with van der Waals surface area (Å²) in [6.45, 7) is -1.36. The van der Waals surface area contributed by atoms with E-state index < -0.39 is 74.1 Å². The molecule has 0 spiro atoms. The molecule has 60 heavy (non-hydrogen) atoms. The molecule has 1 unspecified atom stereocenters. The van der Waals surface area contributed by atoms with E-state index in [1.807, 2.05) is 0 Å². The van der Waals surface area contributed by atoms with Gasteiger partial charge in [0.2, 0.25) is 35.4 Å². The van der Waals surface area contributed by atoms with Crippen LogP contribution in [0.2, 0.25) is 0 Å². The van der Waals surface area contributed by atoms with Crippen molar-refractivity contribution in [2.75, 3.05) is 85.8 Å². The van der Waals surface area contributed by atoms with Crippen molar-refractivity contribution >= 4 is 53.5 Å². The third kappa shape index (κ3) is 23.7. The van der Waals surface area contributed by atoms with Gasteiger partial charge in [-0.3, -0.25) is 43.3 Å². The molecule has 1 aliphatic rings. The fourth-order valence-corrected chi connectivity index (χ4v) is 5.21. The highest BCUT2D eigenvalue weighted by Gasteiger charge is 2.23. The van der Waals surface area contributed by atoms with Crippen LogP contribution in [0, 0.1) is 0 Å². The minimum atomic E-state index is -1.11. The highest BCUT2D eigenvalue weighted by atomic mass is 16.5. The zero-order chi connectivity index (χ0) is 44.7. The van der Waals surface area contributed by atoms with Crippen LogP contribution in [0.15, 0.2) is 42.5 Å². The number of aldehydes is 1. The number of imide groups is 1. The number of benzene rings is 1. The Morgan fingerprint density at radius 3 is 2.03 bits per heavy atom. The fraction of sp³-hybridized carbons (Fsp3) is 0.564. The van der Waals surface area contributed by atoms with Gasteiger partial charge in [-0.05, 0) is 31.2 Å². The molecule has 0 aromatic heterocycles. The quantitative estimate of drug-likeness (QED) is 0.0159. The molecule has 21 nitrogen and oxygen atoms in total. The molecule has 2 atom stereocenters. The first-order valence-corrected chi connectivity index (χ1v) is 19.5. The van der Waals surface area contributed by atoms with Crippen molar-refractivity contribution in [2.45, 2.75) is 57.0 Å². The Bertz CT molecular complexity index is 1600. The highest BCUT2D eigenvalue weighted by molar-refractivity contribution is 6.12. The van der Waals surface area contributed by atoms with Gasteiger partial charge < -0.3 is 60.7 Å². The summed E-state index contributed by atoms with van der Waals surface area (Å²) in [6.07, 6.45) is 4.44. The molecule has 0 aliphatic carbocycles. The Labute approximate surface area is 349 Å². The van der Waals surface area contributed by atoms with Crippen molar-refractivity contribution in [1.82, 2.24) is 36.8 Å². The molecule has 8 amide bonds. The van der Waals surface area contributed by atoms with Gasteiger partial charge in [-0.15, -0.1) is 0 Å². The van der Waals surface area contributed by atoms with E-state index >= 15 is 0 Å². The molecule has 1 aliphatic heterocycles. The maximum Gasteiger partial charge on any atom is 0.253 e. The van der Waals surface area contributed by atoms with Gasteiger partial charge in [-0.25, -0.2) is 0 Å². The molecule has 0 radical (unpaired) electrons. The first-order chi connectivity index (χ1) is 29.4. The zero-order valence-electron chi connectivity index (χ0n) is 34.5. The maximum absolute atomic E-state index is 12.9. The maximum atomic E-state index is 12.9. The average molecular weight is 849 g/mol. The predicted molar refractivity (Wildman–Crippen MR) is 211 cm³/mol. The van der Waals surface area contributed by atoms with Gasteiger partial charge in [0.1, 0.15) is 33.6 Å². The van der Waals surface area contributed by atoms with Crippen LogP contribution < -0.4 is 31.9 Å². The fourth-order valence-electron chi connectivity index (χ4n) is 5.21. The van der Waals surface area contributed by atoms with E-state index in [0.717, 1.165) is 4.90 Å². The monoisotopic (exact) mass is 848 g/mol. The molecule has 1 aromatic carbocycles. The van der Waals surface area contributed by atoms with Gasteiger partial charge in [-0.1, -0.05) is 36.8 Å². The van der Waals surface area contributed by atoms with Crippen LogP contribution in [0.25, 0.3) is 0 Å². The number of ether oxygens (including phenoxy) is 4. The largest absolute Gasteiger partial charge is 0.396 e. The van der Waals surface area contributed by atoms with Crippen molar-refractivity contribution in [2.24, 2.45) is 0 Å². The van der Waals surface area contributed by atoms with E-state index in [9.17, 15) is 43.2 Å². The van der Waals surface area contributed by atoms with Crippen LogP contribution in [-0.4, -0.2) is 161 Å². The SMILES string of the molecule is [2H]C(=O)COCNC(=O)CNC(=O)[C@H](Cc1ccccc1)NC(=O)CNC(=O)CNC(=O)COCCCOCC(COCCCO)NC(=O)CCCCCN1C(=O)C=CC1=O. The van der Waals surface area contributed by atoms with Crippen LogP contribution in [0.5, 0.6) is 0 Å². The number of aliphatic hydroxyl groups is 1. The molecular weight excluding hydrogens is 790 g/mol. The van der Waals surface area contributed by atoms with E-state index in [1.165, 1.54) is 12.2 Å². The molecule has 1 aromatic rings. The van der Waals surface area contributed by atoms with Crippen molar-refractivity contribution < 1.29 is 68.6 Å². The molecule has 332 valence electrons. The standard InChI is InChI=1S/C39H57N7O14/c47-15-7-17-57-25-30(44-32(49)11-5-2-6-14-46-37(54)12-13-38(46)55)26-58-18-8-19-59-27-36(53)41-22-33(50)40-24-35(52)45-31(21-29-9-3-1-4-10-29)39(56)42-23-34(51)43-28-60-20-16-48/h1,3-4,9-10,12-13,16,30-31,47H,2,5-8,11,14-15,17-28H2,(H,40,50)(H,41,53)(H,42,56)(H,43,51)(H,44,49)(H,45,52)/t30?,31-/m0/s1/i16D. The topological polar surface area (TPSA) is 286 Å². The lowest BCUT2D eigenvalue weighted by molar-refractivity contribution is -0.137. The van der Waals surface area contributed by atoms with Gasteiger partial charge in [0.25, 0.3) is 11.8 Å². The molecular formula is C39H57N7O14. The van der Waals surface area contributed by atoms with E-state index in [-0.39, 0.29) is 76.9 Å². The first-order valence-electron chi connectivity index (χ1n) is 20.0. The number of nitrogens with zero attached hydrogens (tertiary/aromatic N) is 1. The summed E-state index contributed by atoms with van der Waals surface area (Å²) in [6, 6.07) is 7.18. The van der Waals surface area contributed by atoms with Gasteiger partial charge in [0.15, 0.2) is 0 Å².